The second kappa shape index (κ2) is 10.7. The van der Waals surface area contributed by atoms with Crippen molar-refractivity contribution in [3.63, 3.8) is 0 Å². The highest BCUT2D eigenvalue weighted by Gasteiger charge is 2.79. The highest BCUT2D eigenvalue weighted by molar-refractivity contribution is 6.15. The summed E-state index contributed by atoms with van der Waals surface area (Å²) < 4.78 is 0. The van der Waals surface area contributed by atoms with E-state index in [4.69, 9.17) is 5.73 Å². The number of nitrogens with two attached hydrogens (primary N) is 1. The summed E-state index contributed by atoms with van der Waals surface area (Å²) in [7, 11) is 1.76. The van der Waals surface area contributed by atoms with E-state index in [9.17, 15) is 14.4 Å². The molecule has 3 amide bonds. The third-order valence-electron chi connectivity index (χ3n) is 9.25. The molecule has 0 aromatic heterocycles. The zero-order valence-electron chi connectivity index (χ0n) is 23.4. The second-order valence-electron chi connectivity index (χ2n) is 11.4. The average molecular weight is 552 g/mol. The van der Waals surface area contributed by atoms with Gasteiger partial charge in [0, 0.05) is 31.9 Å². The van der Waals surface area contributed by atoms with Crippen LogP contribution in [0.1, 0.15) is 48.8 Å². The number of likely N-dealkylation sites (tertiary alicyclic amines) is 1. The van der Waals surface area contributed by atoms with Gasteiger partial charge in [0.15, 0.2) is 11.1 Å². The number of nitrogens with zero attached hydrogens (tertiary/aromatic N) is 2. The number of hydrogen-bond donors (Lipinski definition) is 3. The summed E-state index contributed by atoms with van der Waals surface area (Å²) in [5.74, 6) is -1.18. The van der Waals surface area contributed by atoms with Crippen molar-refractivity contribution < 1.29 is 14.4 Å². The summed E-state index contributed by atoms with van der Waals surface area (Å²) in [6.45, 7) is 0.527. The van der Waals surface area contributed by atoms with Crippen molar-refractivity contribution in [1.82, 2.24) is 15.5 Å². The van der Waals surface area contributed by atoms with Crippen molar-refractivity contribution in [3.05, 3.63) is 102 Å². The summed E-state index contributed by atoms with van der Waals surface area (Å²) in [5, 5.41) is 6.16. The smallest absolute Gasteiger partial charge is 0.265 e. The van der Waals surface area contributed by atoms with E-state index >= 15 is 0 Å². The number of rotatable bonds is 7. The number of hydrogen-bond acceptors (Lipinski definition) is 5. The van der Waals surface area contributed by atoms with Gasteiger partial charge >= 0.3 is 0 Å². The standard InChI is InChI=1S/C33H37N5O3/c1-37-27-20-12-11-19-26(27)32(30(40)36-22-24-15-7-3-8-16-24)28(29(39)35-21-23-13-5-2-6-14-23)38(31(41)33(32,37)34)25-17-9-4-10-18-25/h2-3,5-8,11-16,19-20,25,28H,4,9-10,17-18,21-22,34H2,1H3,(H,35,39)(H,36,40). The number of amides is 3. The minimum atomic E-state index is -1.77. The maximum atomic E-state index is 14.7. The number of fused-ring (bicyclic) bond motifs is 3. The zero-order valence-corrected chi connectivity index (χ0v) is 23.4. The van der Waals surface area contributed by atoms with Crippen LogP contribution in [0.25, 0.3) is 0 Å². The molecule has 3 aliphatic rings. The molecule has 8 nitrogen and oxygen atoms in total. The van der Waals surface area contributed by atoms with Crippen LogP contribution in [-0.4, -0.2) is 47.4 Å². The minimum Gasteiger partial charge on any atom is -0.351 e. The highest BCUT2D eigenvalue weighted by atomic mass is 16.2. The molecule has 3 aromatic rings. The van der Waals surface area contributed by atoms with Crippen molar-refractivity contribution in [2.45, 2.75) is 68.4 Å². The van der Waals surface area contributed by atoms with Gasteiger partial charge < -0.3 is 20.4 Å². The third-order valence-corrected chi connectivity index (χ3v) is 9.25. The van der Waals surface area contributed by atoms with Gasteiger partial charge in [-0.3, -0.25) is 20.1 Å². The Kier molecular flexibility index (Phi) is 7.03. The van der Waals surface area contributed by atoms with E-state index in [1.165, 1.54) is 0 Å². The number of likely N-dealkylation sites (N-methyl/N-ethyl adjacent to an activating group) is 1. The molecule has 6 rings (SSSR count). The van der Waals surface area contributed by atoms with Crippen molar-refractivity contribution in [1.29, 1.82) is 0 Å². The molecule has 41 heavy (non-hydrogen) atoms. The molecule has 2 aliphatic heterocycles. The van der Waals surface area contributed by atoms with Crippen LogP contribution in [0.5, 0.6) is 0 Å². The molecule has 0 bridgehead atoms. The fourth-order valence-corrected chi connectivity index (χ4v) is 7.23. The monoisotopic (exact) mass is 551 g/mol. The highest BCUT2D eigenvalue weighted by Crippen LogP contribution is 2.57. The van der Waals surface area contributed by atoms with Crippen LogP contribution in [0, 0.1) is 0 Å². The van der Waals surface area contributed by atoms with Crippen LogP contribution in [0.4, 0.5) is 5.69 Å². The molecule has 0 spiro atoms. The zero-order chi connectivity index (χ0) is 28.6. The Balaban J connectivity index is 1.49. The number of para-hydroxylation sites is 1. The predicted molar refractivity (Wildman–Crippen MR) is 158 cm³/mol. The fraction of sp³-hybridized carbons (Fsp3) is 0.364. The van der Waals surface area contributed by atoms with Gasteiger partial charge in [0.1, 0.15) is 6.04 Å². The van der Waals surface area contributed by atoms with Gasteiger partial charge in [-0.1, -0.05) is 98.1 Å². The molecule has 212 valence electrons. The number of benzene rings is 3. The first-order valence-electron chi connectivity index (χ1n) is 14.5. The molecule has 4 N–H and O–H groups in total. The average Bonchev–Trinajstić information content (AvgIpc) is 3.36. The van der Waals surface area contributed by atoms with Crippen LogP contribution in [-0.2, 0) is 32.9 Å². The van der Waals surface area contributed by atoms with Gasteiger partial charge in [-0.15, -0.1) is 0 Å². The van der Waals surface area contributed by atoms with Crippen LogP contribution in [0.15, 0.2) is 84.9 Å². The Morgan fingerprint density at radius 2 is 1.39 bits per heavy atom. The molecule has 3 aromatic carbocycles. The normalized spacial score (nSPS) is 25.5. The Morgan fingerprint density at radius 3 is 2.02 bits per heavy atom. The molecule has 1 saturated heterocycles. The summed E-state index contributed by atoms with van der Waals surface area (Å²) in [4.78, 5) is 47.2. The van der Waals surface area contributed by atoms with E-state index in [1.54, 1.807) is 16.8 Å². The lowest BCUT2D eigenvalue weighted by atomic mass is 9.68. The topological polar surface area (TPSA) is 108 Å². The summed E-state index contributed by atoms with van der Waals surface area (Å²) in [5.41, 5.74) is 6.92. The Morgan fingerprint density at radius 1 is 0.829 bits per heavy atom. The number of carbonyl (C=O) groups is 3. The lowest BCUT2D eigenvalue weighted by Gasteiger charge is -2.40. The van der Waals surface area contributed by atoms with Crippen molar-refractivity contribution in [2.75, 3.05) is 11.9 Å². The fourth-order valence-electron chi connectivity index (χ4n) is 7.23. The van der Waals surface area contributed by atoms with Crippen LogP contribution >= 0.6 is 0 Å². The molecule has 0 radical (unpaired) electrons. The first kappa shape index (κ1) is 27.0. The largest absolute Gasteiger partial charge is 0.351 e. The molecule has 8 heteroatoms. The number of anilines is 1. The van der Waals surface area contributed by atoms with E-state index in [0.29, 0.717) is 11.3 Å². The van der Waals surface area contributed by atoms with E-state index in [2.05, 4.69) is 10.6 Å². The Labute approximate surface area is 240 Å². The first-order chi connectivity index (χ1) is 19.9. The van der Waals surface area contributed by atoms with Gasteiger partial charge in [0.05, 0.1) is 0 Å². The van der Waals surface area contributed by atoms with Crippen LogP contribution in [0.2, 0.25) is 0 Å². The van der Waals surface area contributed by atoms with E-state index < -0.39 is 23.0 Å². The lowest BCUT2D eigenvalue weighted by Crippen LogP contribution is -2.72. The quantitative estimate of drug-likeness (QED) is 0.418. The second-order valence-corrected chi connectivity index (χ2v) is 11.4. The summed E-state index contributed by atoms with van der Waals surface area (Å²) >= 11 is 0. The molecule has 1 aliphatic carbocycles. The van der Waals surface area contributed by atoms with Crippen LogP contribution < -0.4 is 21.3 Å². The minimum absolute atomic E-state index is 0.172. The van der Waals surface area contributed by atoms with Gasteiger partial charge in [-0.2, -0.15) is 0 Å². The lowest BCUT2D eigenvalue weighted by molar-refractivity contribution is -0.141. The van der Waals surface area contributed by atoms with Gasteiger partial charge in [-0.25, -0.2) is 0 Å². The Bertz CT molecular complexity index is 1440. The molecule has 2 fully saturated rings. The maximum Gasteiger partial charge on any atom is 0.265 e. The number of nitrogens with one attached hydrogen (secondary N) is 2. The maximum absolute atomic E-state index is 14.7. The molecule has 3 atom stereocenters. The SMILES string of the molecule is CN1c2ccccc2C2(C(=O)NCc3ccccc3)C(C(=O)NCc3ccccc3)N(C3CCCCC3)C(=O)C12N. The first-order valence-corrected chi connectivity index (χ1v) is 14.5. The van der Waals surface area contributed by atoms with Crippen molar-refractivity contribution in [3.8, 4) is 0 Å². The summed E-state index contributed by atoms with van der Waals surface area (Å²) in [6.07, 6.45) is 4.56. The number of carbonyl (C=O) groups excluding carboxylic acids is 3. The van der Waals surface area contributed by atoms with E-state index in [-0.39, 0.29) is 30.9 Å². The van der Waals surface area contributed by atoms with E-state index in [0.717, 1.165) is 43.2 Å². The van der Waals surface area contributed by atoms with Gasteiger partial charge in [-0.05, 0) is 35.6 Å². The predicted octanol–water partition coefficient (Wildman–Crippen LogP) is 3.21. The molecule has 3 unspecified atom stereocenters. The molecular weight excluding hydrogens is 514 g/mol. The molecule has 2 heterocycles. The summed E-state index contributed by atoms with van der Waals surface area (Å²) in [6, 6.07) is 25.4. The van der Waals surface area contributed by atoms with Gasteiger partial charge in [0.25, 0.3) is 5.91 Å². The van der Waals surface area contributed by atoms with E-state index in [1.807, 2.05) is 84.9 Å². The van der Waals surface area contributed by atoms with Gasteiger partial charge in [0.2, 0.25) is 11.8 Å². The van der Waals surface area contributed by atoms with Crippen LogP contribution in [0.3, 0.4) is 0 Å². The third kappa shape index (κ3) is 4.11. The molecule has 1 saturated carbocycles. The Hall–Kier alpha value is -4.17. The van der Waals surface area contributed by atoms with Crippen molar-refractivity contribution in [2.24, 2.45) is 5.73 Å². The molecular formula is C33H37N5O3. The van der Waals surface area contributed by atoms with Crippen molar-refractivity contribution >= 4 is 23.4 Å².